The van der Waals surface area contributed by atoms with Crippen LogP contribution in [-0.4, -0.2) is 17.0 Å². The zero-order valence-corrected chi connectivity index (χ0v) is 15.8. The first-order valence-electron chi connectivity index (χ1n) is 9.02. The minimum Gasteiger partial charge on any atom is -0.491 e. The van der Waals surface area contributed by atoms with Crippen molar-refractivity contribution in [2.75, 3.05) is 10.6 Å². The molecule has 0 unspecified atom stereocenters. The molecular weight excluding hydrogens is 357 g/mol. The highest BCUT2D eigenvalue weighted by Crippen LogP contribution is 2.18. The molecule has 0 aliphatic heterocycles. The summed E-state index contributed by atoms with van der Waals surface area (Å²) in [6.07, 6.45) is 1.69. The molecule has 0 fully saturated rings. The fourth-order valence-electron chi connectivity index (χ4n) is 2.52. The molecule has 1 heterocycles. The Labute approximate surface area is 163 Å². The number of hydrogen-bond acceptors (Lipinski definition) is 4. The maximum Gasteiger partial charge on any atom is 0.274 e. The molecule has 2 N–H and O–H groups in total. The third-order valence-corrected chi connectivity index (χ3v) is 3.89. The van der Waals surface area contributed by atoms with Gasteiger partial charge >= 0.3 is 0 Å². The second-order valence-electron chi connectivity index (χ2n) is 6.56. The molecule has 0 aliphatic rings. The first-order valence-corrected chi connectivity index (χ1v) is 9.02. The predicted molar refractivity (Wildman–Crippen MR) is 108 cm³/mol. The van der Waals surface area contributed by atoms with E-state index in [1.807, 2.05) is 26.0 Å². The van der Waals surface area contributed by atoms with Gasteiger partial charge in [-0.15, -0.1) is 0 Å². The van der Waals surface area contributed by atoms with Gasteiger partial charge in [-0.2, -0.15) is 0 Å². The van der Waals surface area contributed by atoms with Crippen LogP contribution in [0.4, 0.5) is 15.8 Å². The second-order valence-corrected chi connectivity index (χ2v) is 6.56. The van der Waals surface area contributed by atoms with Gasteiger partial charge in [0, 0.05) is 12.2 Å². The standard InChI is InChI=1S/C22H22FN3O2/c1-15(2)28-20-10-7-18(8-11-20)26-22(27)21-12-9-19(14-25-21)24-13-16-3-5-17(23)6-4-16/h3-12,14-15,24H,13H2,1-2H3,(H,26,27). The molecule has 1 amide bonds. The molecule has 0 saturated carbocycles. The molecule has 5 nitrogen and oxygen atoms in total. The van der Waals surface area contributed by atoms with Crippen molar-refractivity contribution < 1.29 is 13.9 Å². The number of hydrogen-bond donors (Lipinski definition) is 2. The van der Waals surface area contributed by atoms with Gasteiger partial charge in [0.25, 0.3) is 5.91 Å². The normalized spacial score (nSPS) is 10.6. The zero-order valence-electron chi connectivity index (χ0n) is 15.8. The predicted octanol–water partition coefficient (Wildman–Crippen LogP) is 4.87. The number of pyridine rings is 1. The molecule has 0 radical (unpaired) electrons. The fraction of sp³-hybridized carbons (Fsp3) is 0.182. The molecule has 3 rings (SSSR count). The maximum atomic E-state index is 12.9. The van der Waals surface area contributed by atoms with Crippen LogP contribution in [0.25, 0.3) is 0 Å². The van der Waals surface area contributed by atoms with Crippen molar-refractivity contribution in [3.05, 3.63) is 83.9 Å². The minimum absolute atomic E-state index is 0.0971. The number of carbonyl (C=O) groups excluding carboxylic acids is 1. The average Bonchev–Trinajstić information content (AvgIpc) is 2.69. The highest BCUT2D eigenvalue weighted by Gasteiger charge is 2.08. The van der Waals surface area contributed by atoms with Crippen LogP contribution in [0.3, 0.4) is 0 Å². The Hall–Kier alpha value is -3.41. The Morgan fingerprint density at radius 1 is 1.00 bits per heavy atom. The molecule has 0 spiro atoms. The molecular formula is C22H22FN3O2. The van der Waals surface area contributed by atoms with Gasteiger partial charge in [0.1, 0.15) is 17.3 Å². The second kappa shape index (κ2) is 8.99. The summed E-state index contributed by atoms with van der Waals surface area (Å²) in [5, 5.41) is 6.00. The Balaban J connectivity index is 1.55. The highest BCUT2D eigenvalue weighted by molar-refractivity contribution is 6.02. The van der Waals surface area contributed by atoms with Gasteiger partial charge in [0.05, 0.1) is 18.0 Å². The van der Waals surface area contributed by atoms with Crippen LogP contribution in [0.5, 0.6) is 5.75 Å². The number of carbonyl (C=O) groups is 1. The third kappa shape index (κ3) is 5.54. The van der Waals surface area contributed by atoms with E-state index in [0.29, 0.717) is 17.9 Å². The minimum atomic E-state index is -0.289. The molecule has 0 atom stereocenters. The van der Waals surface area contributed by atoms with Crippen LogP contribution < -0.4 is 15.4 Å². The van der Waals surface area contributed by atoms with Crippen molar-refractivity contribution in [1.82, 2.24) is 4.98 Å². The van der Waals surface area contributed by atoms with Crippen LogP contribution in [-0.2, 0) is 6.54 Å². The molecule has 0 bridgehead atoms. The average molecular weight is 379 g/mol. The Kier molecular flexibility index (Phi) is 6.22. The van der Waals surface area contributed by atoms with Crippen LogP contribution in [0.15, 0.2) is 66.9 Å². The molecule has 0 saturated heterocycles. The zero-order chi connectivity index (χ0) is 19.9. The van der Waals surface area contributed by atoms with Crippen molar-refractivity contribution in [2.45, 2.75) is 26.5 Å². The summed E-state index contributed by atoms with van der Waals surface area (Å²) in [5.74, 6) is 0.202. The van der Waals surface area contributed by atoms with E-state index in [0.717, 1.165) is 17.0 Å². The molecule has 28 heavy (non-hydrogen) atoms. The van der Waals surface area contributed by atoms with Gasteiger partial charge in [0.2, 0.25) is 0 Å². The van der Waals surface area contributed by atoms with Gasteiger partial charge in [-0.25, -0.2) is 9.37 Å². The summed E-state index contributed by atoms with van der Waals surface area (Å²) in [6, 6.07) is 16.9. The van der Waals surface area contributed by atoms with E-state index in [1.165, 1.54) is 12.1 Å². The van der Waals surface area contributed by atoms with Crippen LogP contribution >= 0.6 is 0 Å². The molecule has 3 aromatic rings. The molecule has 0 aliphatic carbocycles. The number of ether oxygens (including phenoxy) is 1. The number of halogens is 1. The number of anilines is 2. The van der Waals surface area contributed by atoms with E-state index in [2.05, 4.69) is 15.6 Å². The van der Waals surface area contributed by atoms with Crippen LogP contribution in [0.2, 0.25) is 0 Å². The Morgan fingerprint density at radius 3 is 2.29 bits per heavy atom. The van der Waals surface area contributed by atoms with E-state index in [4.69, 9.17) is 4.74 Å². The summed E-state index contributed by atoms with van der Waals surface area (Å²) >= 11 is 0. The summed E-state index contributed by atoms with van der Waals surface area (Å²) in [7, 11) is 0. The fourth-order valence-corrected chi connectivity index (χ4v) is 2.52. The lowest BCUT2D eigenvalue weighted by atomic mass is 10.2. The first kappa shape index (κ1) is 19.4. The number of aromatic nitrogens is 1. The van der Waals surface area contributed by atoms with Crippen LogP contribution in [0.1, 0.15) is 29.9 Å². The highest BCUT2D eigenvalue weighted by atomic mass is 19.1. The van der Waals surface area contributed by atoms with E-state index in [9.17, 15) is 9.18 Å². The summed E-state index contributed by atoms with van der Waals surface area (Å²) in [4.78, 5) is 16.5. The number of rotatable bonds is 7. The van der Waals surface area contributed by atoms with Gasteiger partial charge < -0.3 is 15.4 Å². The van der Waals surface area contributed by atoms with Crippen molar-refractivity contribution in [2.24, 2.45) is 0 Å². The molecule has 2 aromatic carbocycles. The maximum absolute atomic E-state index is 12.9. The van der Waals surface area contributed by atoms with Gasteiger partial charge in [0.15, 0.2) is 0 Å². The largest absolute Gasteiger partial charge is 0.491 e. The third-order valence-electron chi connectivity index (χ3n) is 3.89. The van der Waals surface area contributed by atoms with Crippen molar-refractivity contribution in [1.29, 1.82) is 0 Å². The van der Waals surface area contributed by atoms with Crippen LogP contribution in [0, 0.1) is 5.82 Å². The lowest BCUT2D eigenvalue weighted by molar-refractivity contribution is 0.102. The number of nitrogens with one attached hydrogen (secondary N) is 2. The van der Waals surface area contributed by atoms with E-state index >= 15 is 0 Å². The Bertz CT molecular complexity index is 908. The van der Waals surface area contributed by atoms with Gasteiger partial charge in [-0.3, -0.25) is 4.79 Å². The van der Waals surface area contributed by atoms with E-state index in [1.54, 1.807) is 42.6 Å². The molecule has 6 heteroatoms. The smallest absolute Gasteiger partial charge is 0.274 e. The van der Waals surface area contributed by atoms with E-state index < -0.39 is 0 Å². The number of amides is 1. The first-order chi connectivity index (χ1) is 13.5. The Morgan fingerprint density at radius 2 is 1.68 bits per heavy atom. The monoisotopic (exact) mass is 379 g/mol. The van der Waals surface area contributed by atoms with Gasteiger partial charge in [-0.05, 0) is 67.9 Å². The summed E-state index contributed by atoms with van der Waals surface area (Å²) in [6.45, 7) is 4.46. The van der Waals surface area contributed by atoms with Gasteiger partial charge in [-0.1, -0.05) is 12.1 Å². The molecule has 1 aromatic heterocycles. The lowest BCUT2D eigenvalue weighted by Crippen LogP contribution is -2.14. The number of nitrogens with zero attached hydrogens (tertiary/aromatic N) is 1. The summed E-state index contributed by atoms with van der Waals surface area (Å²) < 4.78 is 18.5. The molecule has 144 valence electrons. The van der Waals surface area contributed by atoms with Crippen molar-refractivity contribution in [3.63, 3.8) is 0 Å². The van der Waals surface area contributed by atoms with E-state index in [-0.39, 0.29) is 17.8 Å². The van der Waals surface area contributed by atoms with Crippen molar-refractivity contribution >= 4 is 17.3 Å². The topological polar surface area (TPSA) is 63.2 Å². The number of benzene rings is 2. The lowest BCUT2D eigenvalue weighted by Gasteiger charge is -2.11. The SMILES string of the molecule is CC(C)Oc1ccc(NC(=O)c2ccc(NCc3ccc(F)cc3)cn2)cc1. The van der Waals surface area contributed by atoms with Crippen molar-refractivity contribution in [3.8, 4) is 5.75 Å². The quantitative estimate of drug-likeness (QED) is 0.615. The summed E-state index contributed by atoms with van der Waals surface area (Å²) in [5.41, 5.74) is 2.71.